The van der Waals surface area contributed by atoms with Crippen LogP contribution in [0, 0.1) is 0 Å². The van der Waals surface area contributed by atoms with E-state index in [9.17, 15) is 0 Å². The van der Waals surface area contributed by atoms with E-state index in [1.54, 1.807) is 0 Å². The predicted molar refractivity (Wildman–Crippen MR) is 218 cm³/mol. The highest BCUT2D eigenvalue weighted by Gasteiger charge is 2.19. The Bertz CT molecular complexity index is 2830. The van der Waals surface area contributed by atoms with Gasteiger partial charge in [-0.2, -0.15) is 0 Å². The second kappa shape index (κ2) is 12.2. The van der Waals surface area contributed by atoms with Gasteiger partial charge in [0.2, 0.25) is 0 Å². The third kappa shape index (κ3) is 5.10. The van der Waals surface area contributed by atoms with Crippen LogP contribution in [-0.4, -0.2) is 0 Å². The summed E-state index contributed by atoms with van der Waals surface area (Å²) in [6.45, 7) is 0. The molecule has 8 aromatic carbocycles. The Hall–Kier alpha value is -6.42. The normalized spacial score (nSPS) is 11.5. The van der Waals surface area contributed by atoms with E-state index in [1.807, 2.05) is 17.4 Å². The molecular formula is C48H31NOS. The van der Waals surface area contributed by atoms with Gasteiger partial charge >= 0.3 is 0 Å². The van der Waals surface area contributed by atoms with Crippen LogP contribution in [0.25, 0.3) is 75.5 Å². The third-order valence-corrected chi connectivity index (χ3v) is 11.1. The summed E-state index contributed by atoms with van der Waals surface area (Å²) in [5.41, 5.74) is 12.4. The largest absolute Gasteiger partial charge is 0.455 e. The molecule has 240 valence electrons. The molecule has 10 rings (SSSR count). The van der Waals surface area contributed by atoms with Gasteiger partial charge in [0.05, 0.1) is 0 Å². The number of anilines is 3. The van der Waals surface area contributed by atoms with E-state index in [2.05, 4.69) is 187 Å². The highest BCUT2D eigenvalue weighted by atomic mass is 32.1. The van der Waals surface area contributed by atoms with Gasteiger partial charge in [-0.15, -0.1) is 11.3 Å². The first-order valence-corrected chi connectivity index (χ1v) is 18.1. The van der Waals surface area contributed by atoms with E-state index in [0.717, 1.165) is 39.0 Å². The van der Waals surface area contributed by atoms with Crippen LogP contribution in [0.2, 0.25) is 0 Å². The quantitative estimate of drug-likeness (QED) is 0.175. The van der Waals surface area contributed by atoms with Crippen molar-refractivity contribution in [2.75, 3.05) is 4.90 Å². The summed E-state index contributed by atoms with van der Waals surface area (Å²) in [5, 5.41) is 4.76. The molecule has 0 aliphatic heterocycles. The van der Waals surface area contributed by atoms with Crippen molar-refractivity contribution in [1.29, 1.82) is 0 Å². The van der Waals surface area contributed by atoms with Crippen molar-refractivity contribution in [2.24, 2.45) is 0 Å². The molecule has 2 nitrogen and oxygen atoms in total. The predicted octanol–water partition coefficient (Wildman–Crippen LogP) is 14.4. The number of hydrogen-bond donors (Lipinski definition) is 0. The maximum absolute atomic E-state index is 6.52. The first-order valence-electron chi connectivity index (χ1n) is 17.3. The van der Waals surface area contributed by atoms with Gasteiger partial charge in [-0.05, 0) is 82.4 Å². The summed E-state index contributed by atoms with van der Waals surface area (Å²) in [7, 11) is 0. The molecule has 0 bridgehead atoms. The van der Waals surface area contributed by atoms with Crippen molar-refractivity contribution in [3.05, 3.63) is 188 Å². The Morgan fingerprint density at radius 2 is 0.961 bits per heavy atom. The lowest BCUT2D eigenvalue weighted by molar-refractivity contribution is 0.673. The summed E-state index contributed by atoms with van der Waals surface area (Å²) in [6.07, 6.45) is 0. The summed E-state index contributed by atoms with van der Waals surface area (Å²) in [5.74, 6) is 0. The molecule has 0 N–H and O–H groups in total. The number of hydrogen-bond acceptors (Lipinski definition) is 3. The van der Waals surface area contributed by atoms with Gasteiger partial charge in [0.25, 0.3) is 0 Å². The first kappa shape index (κ1) is 29.5. The molecule has 0 saturated heterocycles. The second-order valence-electron chi connectivity index (χ2n) is 12.9. The Labute approximate surface area is 300 Å². The summed E-state index contributed by atoms with van der Waals surface area (Å²) in [6, 6.07) is 67.3. The molecule has 2 aromatic heterocycles. The Morgan fingerprint density at radius 1 is 0.392 bits per heavy atom. The molecular weight excluding hydrogens is 639 g/mol. The molecule has 0 amide bonds. The zero-order valence-corrected chi connectivity index (χ0v) is 28.5. The smallest absolute Gasteiger partial charge is 0.144 e. The molecule has 0 fully saturated rings. The van der Waals surface area contributed by atoms with E-state index < -0.39 is 0 Å². The number of nitrogens with zero attached hydrogens (tertiary/aromatic N) is 1. The van der Waals surface area contributed by atoms with Crippen LogP contribution in [0.3, 0.4) is 0 Å². The standard InChI is InChI=1S/C48H31NOS/c1-3-12-32(13-4-1)33-26-28-38(29-27-33)49(37-15-5-2-6-16-37)39-17-11-14-36(30-39)34-22-24-35(25-23-34)42-31-43-40-18-7-9-20-44(40)50-47(43)46-41-19-8-10-21-45(41)51-48(42)46/h1-31H. The van der Waals surface area contributed by atoms with Gasteiger partial charge < -0.3 is 9.32 Å². The van der Waals surface area contributed by atoms with Crippen molar-refractivity contribution in [3.63, 3.8) is 0 Å². The summed E-state index contributed by atoms with van der Waals surface area (Å²) < 4.78 is 9.05. The highest BCUT2D eigenvalue weighted by molar-refractivity contribution is 7.26. The average Bonchev–Trinajstić information content (AvgIpc) is 3.78. The van der Waals surface area contributed by atoms with Crippen LogP contribution in [0.4, 0.5) is 17.1 Å². The molecule has 51 heavy (non-hydrogen) atoms. The van der Waals surface area contributed by atoms with Gasteiger partial charge in [-0.3, -0.25) is 0 Å². The molecule has 0 spiro atoms. The minimum absolute atomic E-state index is 0.924. The van der Waals surface area contributed by atoms with Gasteiger partial charge in [-0.25, -0.2) is 0 Å². The molecule has 0 saturated carbocycles. The van der Waals surface area contributed by atoms with Crippen molar-refractivity contribution in [3.8, 4) is 33.4 Å². The first-order chi connectivity index (χ1) is 25.3. The molecule has 0 unspecified atom stereocenters. The van der Waals surface area contributed by atoms with Crippen molar-refractivity contribution < 1.29 is 4.42 Å². The zero-order chi connectivity index (χ0) is 33.7. The van der Waals surface area contributed by atoms with E-state index in [1.165, 1.54) is 53.6 Å². The van der Waals surface area contributed by atoms with E-state index >= 15 is 0 Å². The fourth-order valence-corrected chi connectivity index (χ4v) is 8.64. The molecule has 0 atom stereocenters. The zero-order valence-electron chi connectivity index (χ0n) is 27.7. The number of thiophene rings is 1. The minimum atomic E-state index is 0.924. The molecule has 0 radical (unpaired) electrons. The van der Waals surface area contributed by atoms with Crippen LogP contribution >= 0.6 is 11.3 Å². The fraction of sp³-hybridized carbons (Fsp3) is 0. The number of benzene rings is 8. The van der Waals surface area contributed by atoms with Gasteiger partial charge in [0.1, 0.15) is 11.2 Å². The van der Waals surface area contributed by atoms with Crippen LogP contribution in [0.1, 0.15) is 0 Å². The maximum Gasteiger partial charge on any atom is 0.144 e. The van der Waals surface area contributed by atoms with Crippen molar-refractivity contribution in [1.82, 2.24) is 0 Å². The summed E-state index contributed by atoms with van der Waals surface area (Å²) in [4.78, 5) is 2.33. The number of fused-ring (bicyclic) bond motifs is 7. The van der Waals surface area contributed by atoms with E-state index in [0.29, 0.717) is 0 Å². The fourth-order valence-electron chi connectivity index (χ4n) is 7.40. The highest BCUT2D eigenvalue weighted by Crippen LogP contribution is 2.47. The lowest BCUT2D eigenvalue weighted by atomic mass is 9.96. The average molecular weight is 670 g/mol. The van der Waals surface area contributed by atoms with Gasteiger partial charge in [0, 0.05) is 53.6 Å². The topological polar surface area (TPSA) is 16.4 Å². The molecule has 10 aromatic rings. The lowest BCUT2D eigenvalue weighted by Crippen LogP contribution is -2.09. The van der Waals surface area contributed by atoms with E-state index in [4.69, 9.17) is 4.42 Å². The van der Waals surface area contributed by atoms with Crippen molar-refractivity contribution >= 4 is 70.5 Å². The Balaban J connectivity index is 1.05. The lowest BCUT2D eigenvalue weighted by Gasteiger charge is -2.26. The molecule has 3 heteroatoms. The van der Waals surface area contributed by atoms with Crippen LogP contribution in [-0.2, 0) is 0 Å². The molecule has 0 aliphatic carbocycles. The Morgan fingerprint density at radius 3 is 1.76 bits per heavy atom. The second-order valence-corrected chi connectivity index (χ2v) is 14.0. The number of rotatable bonds is 6. The van der Waals surface area contributed by atoms with Crippen LogP contribution in [0.15, 0.2) is 192 Å². The Kier molecular flexibility index (Phi) is 7.04. The number of para-hydroxylation sites is 2. The number of furan rings is 1. The minimum Gasteiger partial charge on any atom is -0.455 e. The molecule has 2 heterocycles. The SMILES string of the molecule is c1ccc(-c2ccc(N(c3ccccc3)c3cccc(-c4ccc(-c5cc6c7ccccc7oc6c6c5sc5ccccc56)cc4)c3)cc2)cc1. The summed E-state index contributed by atoms with van der Waals surface area (Å²) >= 11 is 1.84. The van der Waals surface area contributed by atoms with Crippen LogP contribution < -0.4 is 4.90 Å². The molecule has 0 aliphatic rings. The van der Waals surface area contributed by atoms with Crippen LogP contribution in [0.5, 0.6) is 0 Å². The van der Waals surface area contributed by atoms with Gasteiger partial charge in [0.15, 0.2) is 0 Å². The van der Waals surface area contributed by atoms with E-state index in [-0.39, 0.29) is 0 Å². The van der Waals surface area contributed by atoms with Gasteiger partial charge in [-0.1, -0.05) is 133 Å². The third-order valence-electron chi connectivity index (χ3n) is 9.87. The van der Waals surface area contributed by atoms with Crippen molar-refractivity contribution in [2.45, 2.75) is 0 Å². The maximum atomic E-state index is 6.52. The monoisotopic (exact) mass is 669 g/mol.